The third-order valence-corrected chi connectivity index (χ3v) is 3.48. The Labute approximate surface area is 144 Å². The summed E-state index contributed by atoms with van der Waals surface area (Å²) in [4.78, 5) is 32.5. The summed E-state index contributed by atoms with van der Waals surface area (Å²) in [6.45, 7) is 2.40. The molecule has 1 amide bonds. The smallest absolute Gasteiger partial charge is 0.276 e. The molecule has 2 aromatic heterocycles. The number of aromatic nitrogens is 4. The van der Waals surface area contributed by atoms with E-state index in [0.29, 0.717) is 18.1 Å². The van der Waals surface area contributed by atoms with E-state index in [-0.39, 0.29) is 11.3 Å². The van der Waals surface area contributed by atoms with Gasteiger partial charge in [-0.1, -0.05) is 37.3 Å². The topological polar surface area (TPSA) is 89.8 Å². The third kappa shape index (κ3) is 3.95. The Balaban J connectivity index is 1.75. The lowest BCUT2D eigenvalue weighted by atomic mass is 10.2. The Morgan fingerprint density at radius 3 is 2.48 bits per heavy atom. The number of carbonyl (C=O) groups excluding carboxylic acids is 1. The van der Waals surface area contributed by atoms with Crippen LogP contribution in [0.2, 0.25) is 0 Å². The number of nitrogens with one attached hydrogen (secondary N) is 1. The third-order valence-electron chi connectivity index (χ3n) is 3.48. The van der Waals surface area contributed by atoms with E-state index < -0.39 is 5.91 Å². The van der Waals surface area contributed by atoms with Crippen LogP contribution in [0.1, 0.15) is 23.8 Å². The van der Waals surface area contributed by atoms with Gasteiger partial charge in [-0.15, -0.1) is 0 Å². The number of amides is 1. The largest absolute Gasteiger partial charge is 0.318 e. The molecule has 0 saturated carbocycles. The maximum absolute atomic E-state index is 12.3. The van der Waals surface area contributed by atoms with Gasteiger partial charge in [-0.2, -0.15) is 5.10 Å². The molecule has 0 spiro atoms. The van der Waals surface area contributed by atoms with E-state index in [1.54, 1.807) is 0 Å². The number of hydrogen-bond acceptors (Lipinski definition) is 5. The van der Waals surface area contributed by atoms with Crippen molar-refractivity contribution >= 4 is 11.6 Å². The van der Waals surface area contributed by atoms with Gasteiger partial charge in [0.2, 0.25) is 0 Å². The predicted octanol–water partition coefficient (Wildman–Crippen LogP) is 2.36. The van der Waals surface area contributed by atoms with Crippen LogP contribution in [0.5, 0.6) is 0 Å². The summed E-state index contributed by atoms with van der Waals surface area (Å²) in [6.07, 6.45) is 3.83. The molecule has 0 unspecified atom stereocenters. The first-order valence-electron chi connectivity index (χ1n) is 7.94. The molecule has 3 aromatic rings. The van der Waals surface area contributed by atoms with E-state index in [1.807, 2.05) is 37.3 Å². The molecule has 0 aliphatic rings. The first kappa shape index (κ1) is 16.5. The Bertz CT molecular complexity index is 920. The van der Waals surface area contributed by atoms with Crippen LogP contribution in [-0.2, 0) is 6.54 Å². The quantitative estimate of drug-likeness (QED) is 0.773. The summed E-state index contributed by atoms with van der Waals surface area (Å²) in [5.41, 5.74) is 1.29. The van der Waals surface area contributed by atoms with Gasteiger partial charge < -0.3 is 5.32 Å². The highest BCUT2D eigenvalue weighted by molar-refractivity contribution is 6.02. The van der Waals surface area contributed by atoms with Gasteiger partial charge in [0.15, 0.2) is 5.82 Å². The minimum absolute atomic E-state index is 0.167. The van der Waals surface area contributed by atoms with E-state index in [0.717, 1.165) is 12.0 Å². The van der Waals surface area contributed by atoms with Gasteiger partial charge in [0.1, 0.15) is 5.69 Å². The second kappa shape index (κ2) is 7.48. The summed E-state index contributed by atoms with van der Waals surface area (Å²) in [6, 6.07) is 12.3. The van der Waals surface area contributed by atoms with E-state index in [4.69, 9.17) is 0 Å². The zero-order valence-corrected chi connectivity index (χ0v) is 13.7. The zero-order valence-electron chi connectivity index (χ0n) is 13.7. The first-order valence-corrected chi connectivity index (χ1v) is 7.94. The van der Waals surface area contributed by atoms with Gasteiger partial charge in [-0.05, 0) is 12.5 Å². The number of nitrogens with zero attached hydrogens (tertiary/aromatic N) is 4. The Morgan fingerprint density at radius 1 is 1.08 bits per heavy atom. The van der Waals surface area contributed by atoms with Gasteiger partial charge >= 0.3 is 0 Å². The second-order valence-electron chi connectivity index (χ2n) is 5.40. The van der Waals surface area contributed by atoms with Crippen molar-refractivity contribution < 1.29 is 4.79 Å². The van der Waals surface area contributed by atoms with Gasteiger partial charge in [-0.25, -0.2) is 14.6 Å². The number of anilines is 1. The van der Waals surface area contributed by atoms with Crippen LogP contribution in [0.25, 0.3) is 11.4 Å². The lowest BCUT2D eigenvalue weighted by Gasteiger charge is -2.07. The van der Waals surface area contributed by atoms with Gasteiger partial charge in [0, 0.05) is 18.2 Å². The highest BCUT2D eigenvalue weighted by atomic mass is 16.2. The molecule has 0 aliphatic carbocycles. The number of benzene rings is 1. The van der Waals surface area contributed by atoms with Gasteiger partial charge in [0.25, 0.3) is 11.5 Å². The van der Waals surface area contributed by atoms with Crippen LogP contribution in [0.4, 0.5) is 5.69 Å². The fourth-order valence-electron chi connectivity index (χ4n) is 2.27. The maximum Gasteiger partial charge on any atom is 0.276 e. The Hall–Kier alpha value is -3.35. The van der Waals surface area contributed by atoms with Crippen LogP contribution in [0.15, 0.2) is 59.7 Å². The molecule has 3 rings (SSSR count). The Morgan fingerprint density at radius 2 is 1.80 bits per heavy atom. The van der Waals surface area contributed by atoms with Gasteiger partial charge in [0.05, 0.1) is 18.1 Å². The highest BCUT2D eigenvalue weighted by Gasteiger charge is 2.10. The highest BCUT2D eigenvalue weighted by Crippen LogP contribution is 2.15. The number of aryl methyl sites for hydroxylation is 1. The van der Waals surface area contributed by atoms with E-state index in [1.165, 1.54) is 29.2 Å². The monoisotopic (exact) mass is 335 g/mol. The summed E-state index contributed by atoms with van der Waals surface area (Å²) >= 11 is 0. The first-order chi connectivity index (χ1) is 12.2. The van der Waals surface area contributed by atoms with E-state index >= 15 is 0 Å². The van der Waals surface area contributed by atoms with Crippen LogP contribution in [-0.4, -0.2) is 25.7 Å². The van der Waals surface area contributed by atoms with Gasteiger partial charge in [-0.3, -0.25) is 9.59 Å². The molecule has 0 radical (unpaired) electrons. The van der Waals surface area contributed by atoms with Crippen molar-refractivity contribution in [2.24, 2.45) is 0 Å². The fraction of sp³-hybridized carbons (Fsp3) is 0.167. The molecule has 126 valence electrons. The van der Waals surface area contributed by atoms with Crippen molar-refractivity contribution in [1.82, 2.24) is 19.7 Å². The molecule has 7 heteroatoms. The molecule has 1 N–H and O–H groups in total. The van der Waals surface area contributed by atoms with Crippen molar-refractivity contribution in [2.45, 2.75) is 19.9 Å². The molecular weight excluding hydrogens is 318 g/mol. The average molecular weight is 335 g/mol. The van der Waals surface area contributed by atoms with Crippen LogP contribution in [0, 0.1) is 0 Å². The molecule has 0 atom stereocenters. The molecule has 0 bridgehead atoms. The summed E-state index contributed by atoms with van der Waals surface area (Å²) in [5, 5.41) is 6.76. The SMILES string of the molecule is CCCn1nc(C(=O)Nc2cnc(-c3ccccc3)nc2)ccc1=O. The minimum atomic E-state index is -0.416. The standard InChI is InChI=1S/C18H17N5O2/c1-2-10-23-16(24)9-8-15(22-23)18(25)21-14-11-19-17(20-12-14)13-6-4-3-5-7-13/h3-9,11-12H,2,10H2,1H3,(H,21,25). The number of rotatable bonds is 5. The molecule has 2 heterocycles. The maximum atomic E-state index is 12.3. The number of carbonyl (C=O) groups is 1. The zero-order chi connectivity index (χ0) is 17.6. The molecular formula is C18H17N5O2. The van der Waals surface area contributed by atoms with Crippen LogP contribution < -0.4 is 10.9 Å². The van der Waals surface area contributed by atoms with Crippen molar-refractivity contribution in [1.29, 1.82) is 0 Å². The van der Waals surface area contributed by atoms with Crippen molar-refractivity contribution in [2.75, 3.05) is 5.32 Å². The second-order valence-corrected chi connectivity index (χ2v) is 5.40. The lowest BCUT2D eigenvalue weighted by molar-refractivity contribution is 0.101. The predicted molar refractivity (Wildman–Crippen MR) is 94.2 cm³/mol. The minimum Gasteiger partial charge on any atom is -0.318 e. The van der Waals surface area contributed by atoms with Crippen LogP contribution >= 0.6 is 0 Å². The average Bonchev–Trinajstić information content (AvgIpc) is 2.65. The summed E-state index contributed by atoms with van der Waals surface area (Å²) < 4.78 is 1.28. The van der Waals surface area contributed by atoms with E-state index in [9.17, 15) is 9.59 Å². The summed E-state index contributed by atoms with van der Waals surface area (Å²) in [5.74, 6) is 0.161. The summed E-state index contributed by atoms with van der Waals surface area (Å²) in [7, 11) is 0. The van der Waals surface area contributed by atoms with Crippen LogP contribution in [0.3, 0.4) is 0 Å². The molecule has 0 aliphatic heterocycles. The molecule has 1 aromatic carbocycles. The molecule has 0 fully saturated rings. The molecule has 7 nitrogen and oxygen atoms in total. The van der Waals surface area contributed by atoms with Crippen molar-refractivity contribution in [3.05, 3.63) is 70.9 Å². The van der Waals surface area contributed by atoms with Crippen molar-refractivity contribution in [3.63, 3.8) is 0 Å². The molecule has 0 saturated heterocycles. The number of hydrogen-bond donors (Lipinski definition) is 1. The Kier molecular flexibility index (Phi) is 4.94. The molecule has 25 heavy (non-hydrogen) atoms. The normalized spacial score (nSPS) is 10.4. The fourth-order valence-corrected chi connectivity index (χ4v) is 2.27. The van der Waals surface area contributed by atoms with E-state index in [2.05, 4.69) is 20.4 Å². The van der Waals surface area contributed by atoms with Crippen molar-refractivity contribution in [3.8, 4) is 11.4 Å². The lowest BCUT2D eigenvalue weighted by Crippen LogP contribution is -2.26.